The average Bonchev–Trinajstić information content (AvgIpc) is 2.05. The van der Waals surface area contributed by atoms with Gasteiger partial charge in [0.15, 0.2) is 0 Å². The topological polar surface area (TPSA) is 9.23 Å². The number of methoxy groups -OCH3 is 1. The number of benzene rings is 1. The van der Waals surface area contributed by atoms with Gasteiger partial charge in [0.25, 0.3) is 0 Å². The molecule has 0 aliphatic heterocycles. The Morgan fingerprint density at radius 3 is 2.30 bits per heavy atom. The predicted octanol–water partition coefficient (Wildman–Crippen LogP) is 0.909. The third-order valence-corrected chi connectivity index (χ3v) is 2.77. The van der Waals surface area contributed by atoms with Crippen LogP contribution in [0.1, 0.15) is 0 Å². The van der Waals surface area contributed by atoms with Crippen molar-refractivity contribution in [1.82, 2.24) is 0 Å². The Morgan fingerprint density at radius 2 is 1.90 bits per heavy atom. The van der Waals surface area contributed by atoms with E-state index < -0.39 is 21.7 Å². The fourth-order valence-corrected chi connectivity index (χ4v) is 1.49. The van der Waals surface area contributed by atoms with Crippen molar-refractivity contribution in [2.75, 3.05) is 7.11 Å². The summed E-state index contributed by atoms with van der Waals surface area (Å²) in [7, 11) is 1.60. The molecule has 1 aromatic rings. The summed E-state index contributed by atoms with van der Waals surface area (Å²) >= 11 is -1.73. The molecule has 0 saturated carbocycles. The molecule has 0 N–H and O–H groups in total. The summed E-state index contributed by atoms with van der Waals surface area (Å²) in [5.41, 5.74) is 0. The van der Waals surface area contributed by atoms with Crippen LogP contribution in [0.15, 0.2) is 24.3 Å². The summed E-state index contributed by atoms with van der Waals surface area (Å²) in [6, 6.07) is 7.14. The van der Waals surface area contributed by atoms with E-state index >= 15 is 0 Å². The Kier molecular flexibility index (Phi) is 2.99. The molecule has 3 heteroatoms. The van der Waals surface area contributed by atoms with Gasteiger partial charge >= 0.3 is 70.0 Å². The zero-order valence-corrected chi connectivity index (χ0v) is 8.45. The number of halogens is 1. The second-order valence-corrected chi connectivity index (χ2v) is 4.01. The normalized spacial score (nSPS) is 9.40. The summed E-state index contributed by atoms with van der Waals surface area (Å²) in [6.07, 6.45) is 0. The minimum atomic E-state index is -1.73. The first-order valence-electron chi connectivity index (χ1n) is 2.87. The molecule has 0 unspecified atom stereocenters. The maximum absolute atomic E-state index is 12.1. The molecule has 0 aliphatic carbocycles. The van der Waals surface area contributed by atoms with Gasteiger partial charge in [-0.2, -0.15) is 0 Å². The average molecular weight is 245 g/mol. The summed E-state index contributed by atoms with van der Waals surface area (Å²) in [6.45, 7) is 0. The van der Waals surface area contributed by atoms with Gasteiger partial charge < -0.3 is 0 Å². The van der Waals surface area contributed by atoms with Gasteiger partial charge in [-0.3, -0.25) is 0 Å². The quantitative estimate of drug-likeness (QED) is 0.703. The Balaban J connectivity index is 2.80. The van der Waals surface area contributed by atoms with Crippen molar-refractivity contribution >= 4 is 25.3 Å². The molecule has 0 atom stereocenters. The summed E-state index contributed by atoms with van der Waals surface area (Å²) in [4.78, 5) is 0. The summed E-state index contributed by atoms with van der Waals surface area (Å²) in [5, 5.41) is 0. The second kappa shape index (κ2) is 3.81. The van der Waals surface area contributed by atoms with Crippen molar-refractivity contribution in [1.29, 1.82) is 0 Å². The van der Waals surface area contributed by atoms with Crippen LogP contribution in [0.4, 0.5) is 2.87 Å². The van der Waals surface area contributed by atoms with Gasteiger partial charge in [-0.15, -0.1) is 0 Å². The van der Waals surface area contributed by atoms with Crippen LogP contribution in [-0.4, -0.2) is 28.8 Å². The molecule has 0 aliphatic rings. The van der Waals surface area contributed by atoms with Crippen LogP contribution in [0.5, 0.6) is 5.75 Å². The fourth-order valence-electron chi connectivity index (χ4n) is 0.654. The fraction of sp³-hybridized carbons (Fsp3) is 0.143. The molecule has 1 aromatic carbocycles. The van der Waals surface area contributed by atoms with E-state index in [0.717, 1.165) is 9.33 Å². The predicted molar refractivity (Wildman–Crippen MR) is 39.5 cm³/mol. The summed E-state index contributed by atoms with van der Waals surface area (Å²) in [5.74, 6) is 0.788. The van der Waals surface area contributed by atoms with Crippen LogP contribution in [0.2, 0.25) is 0 Å². The molecule has 1 rings (SSSR count). The van der Waals surface area contributed by atoms with Crippen LogP contribution in [0.25, 0.3) is 0 Å². The third-order valence-electron chi connectivity index (χ3n) is 1.20. The van der Waals surface area contributed by atoms with Gasteiger partial charge in [0, 0.05) is 0 Å². The molecule has 0 bridgehead atoms. The van der Waals surface area contributed by atoms with Crippen LogP contribution in [-0.2, 0) is 0 Å². The molecule has 0 heterocycles. The first kappa shape index (κ1) is 7.85. The van der Waals surface area contributed by atoms with Crippen molar-refractivity contribution in [3.63, 3.8) is 0 Å². The zero-order valence-electron chi connectivity index (χ0n) is 5.60. The molecule has 0 aromatic heterocycles. The van der Waals surface area contributed by atoms with E-state index in [1.807, 2.05) is 0 Å². The Morgan fingerprint density at radius 1 is 1.30 bits per heavy atom. The number of rotatable bonds is 2. The molecule has 0 spiro atoms. The van der Waals surface area contributed by atoms with Crippen LogP contribution < -0.4 is 8.32 Å². The molecule has 10 heavy (non-hydrogen) atoms. The summed E-state index contributed by atoms with van der Waals surface area (Å²) < 4.78 is 17.9. The zero-order chi connectivity index (χ0) is 7.40. The van der Waals surface area contributed by atoms with Gasteiger partial charge in [0.05, 0.1) is 0 Å². The van der Waals surface area contributed by atoms with E-state index in [-0.39, 0.29) is 0 Å². The maximum atomic E-state index is 12.1. The Bertz CT molecular complexity index is 174. The monoisotopic (exact) mass is 246 g/mol. The van der Waals surface area contributed by atoms with Crippen molar-refractivity contribution < 1.29 is 7.60 Å². The minimum absolute atomic E-state index is 0.788. The van der Waals surface area contributed by atoms with E-state index in [1.54, 1.807) is 31.4 Å². The SMILES string of the molecule is COc1cc[c]([Sn][F])cc1. The molecular formula is C7H7FOSn. The molecule has 52 valence electrons. The van der Waals surface area contributed by atoms with E-state index in [1.165, 1.54) is 0 Å². The van der Waals surface area contributed by atoms with Crippen LogP contribution >= 0.6 is 0 Å². The van der Waals surface area contributed by atoms with Crippen molar-refractivity contribution in [3.8, 4) is 5.75 Å². The van der Waals surface area contributed by atoms with Crippen molar-refractivity contribution in [2.45, 2.75) is 0 Å². The van der Waals surface area contributed by atoms with E-state index in [9.17, 15) is 2.87 Å². The Hall–Kier alpha value is -0.251. The van der Waals surface area contributed by atoms with Gasteiger partial charge in [0.2, 0.25) is 0 Å². The molecular weight excluding hydrogens is 238 g/mol. The molecule has 0 saturated heterocycles. The van der Waals surface area contributed by atoms with Gasteiger partial charge in [-0.1, -0.05) is 0 Å². The standard InChI is InChI=1S/C7H7O.FH.Sn/c1-8-7-5-3-2-4-6-7;;/h3-6H,1H3;1H;/q;;+1/p-1. The number of hydrogen-bond acceptors (Lipinski definition) is 1. The third kappa shape index (κ3) is 1.87. The van der Waals surface area contributed by atoms with Crippen molar-refractivity contribution in [2.24, 2.45) is 0 Å². The molecule has 0 fully saturated rings. The van der Waals surface area contributed by atoms with Gasteiger partial charge in [-0.25, -0.2) is 0 Å². The number of hydrogen-bond donors (Lipinski definition) is 0. The van der Waals surface area contributed by atoms with Crippen LogP contribution in [0, 0.1) is 0 Å². The molecule has 0 amide bonds. The van der Waals surface area contributed by atoms with E-state index in [0.29, 0.717) is 0 Å². The van der Waals surface area contributed by atoms with E-state index in [4.69, 9.17) is 4.74 Å². The van der Waals surface area contributed by atoms with E-state index in [2.05, 4.69) is 0 Å². The molecule has 2 radical (unpaired) electrons. The molecule has 1 nitrogen and oxygen atoms in total. The van der Waals surface area contributed by atoms with Gasteiger partial charge in [-0.05, 0) is 0 Å². The van der Waals surface area contributed by atoms with Crippen molar-refractivity contribution in [3.05, 3.63) is 24.3 Å². The first-order valence-corrected chi connectivity index (χ1v) is 5.38. The first-order chi connectivity index (χ1) is 4.86. The second-order valence-electron chi connectivity index (χ2n) is 1.82. The van der Waals surface area contributed by atoms with Crippen LogP contribution in [0.3, 0.4) is 0 Å². The number of ether oxygens (including phenoxy) is 1. The van der Waals surface area contributed by atoms with Gasteiger partial charge in [0.1, 0.15) is 0 Å². The Labute approximate surface area is 70.2 Å².